The lowest BCUT2D eigenvalue weighted by atomic mass is 10.2. The van der Waals surface area contributed by atoms with E-state index in [0.717, 1.165) is 0 Å². The van der Waals surface area contributed by atoms with Crippen LogP contribution in [-0.4, -0.2) is 31.7 Å². The van der Waals surface area contributed by atoms with Gasteiger partial charge < -0.3 is 15.4 Å². The maximum absolute atomic E-state index is 13.6. The number of likely N-dealkylation sites (N-methyl/N-ethyl adjacent to an activating group) is 1. The van der Waals surface area contributed by atoms with Gasteiger partial charge in [0.2, 0.25) is 0 Å². The number of hydrogen-bond acceptors (Lipinski definition) is 4. The molecule has 0 aliphatic carbocycles. The fraction of sp³-hybridized carbons (Fsp3) is 0.273. The molecule has 0 radical (unpaired) electrons. The van der Waals surface area contributed by atoms with E-state index < -0.39 is 11.8 Å². The Morgan fingerprint density at radius 1 is 1.59 bits per heavy atom. The van der Waals surface area contributed by atoms with E-state index in [4.69, 9.17) is 18.0 Å². The Labute approximate surface area is 104 Å². The van der Waals surface area contributed by atoms with Gasteiger partial charge in [-0.05, 0) is 18.2 Å². The standard InChI is InChI=1S/C11H13FN2O2S/c1-14(6-10(15)16-2)7-3-4-8(11(13)17)9(12)5-7/h3-5H,6H2,1-2H3,(H2,13,17). The number of rotatable bonds is 4. The number of anilines is 1. The minimum Gasteiger partial charge on any atom is -0.468 e. The summed E-state index contributed by atoms with van der Waals surface area (Å²) in [4.78, 5) is 12.6. The first kappa shape index (κ1) is 13.4. The van der Waals surface area contributed by atoms with Crippen molar-refractivity contribution in [2.45, 2.75) is 0 Å². The van der Waals surface area contributed by atoms with E-state index in [0.29, 0.717) is 5.69 Å². The molecule has 0 unspecified atom stereocenters. The number of esters is 1. The van der Waals surface area contributed by atoms with Crippen molar-refractivity contribution in [2.75, 3.05) is 25.6 Å². The Balaban J connectivity index is 2.89. The molecule has 1 rings (SSSR count). The molecule has 0 aromatic heterocycles. The molecule has 0 spiro atoms. The predicted octanol–water partition coefficient (Wildman–Crippen LogP) is 1.07. The summed E-state index contributed by atoms with van der Waals surface area (Å²) in [7, 11) is 2.96. The van der Waals surface area contributed by atoms with E-state index in [1.54, 1.807) is 18.0 Å². The Kier molecular flexibility index (Phi) is 4.39. The summed E-state index contributed by atoms with van der Waals surface area (Å²) in [5, 5.41) is 0. The van der Waals surface area contributed by atoms with Crippen LogP contribution in [0.3, 0.4) is 0 Å². The average Bonchev–Trinajstić information content (AvgIpc) is 2.28. The molecule has 2 N–H and O–H groups in total. The largest absolute Gasteiger partial charge is 0.468 e. The molecule has 0 fully saturated rings. The lowest BCUT2D eigenvalue weighted by Crippen LogP contribution is -2.26. The molecule has 92 valence electrons. The molecular formula is C11H13FN2O2S. The number of nitrogens with zero attached hydrogens (tertiary/aromatic N) is 1. The molecule has 1 aromatic carbocycles. The quantitative estimate of drug-likeness (QED) is 0.645. The lowest BCUT2D eigenvalue weighted by molar-refractivity contribution is -0.138. The first-order chi connectivity index (χ1) is 7.95. The normalized spacial score (nSPS) is 9.82. The molecule has 0 saturated heterocycles. The third-order valence-corrected chi connectivity index (χ3v) is 2.47. The Morgan fingerprint density at radius 2 is 2.24 bits per heavy atom. The van der Waals surface area contributed by atoms with Gasteiger partial charge in [0.1, 0.15) is 17.4 Å². The van der Waals surface area contributed by atoms with Crippen molar-refractivity contribution in [2.24, 2.45) is 5.73 Å². The van der Waals surface area contributed by atoms with Gasteiger partial charge in [-0.15, -0.1) is 0 Å². The first-order valence-corrected chi connectivity index (χ1v) is 5.24. The van der Waals surface area contributed by atoms with Crippen LogP contribution >= 0.6 is 12.2 Å². The van der Waals surface area contributed by atoms with Crippen molar-refractivity contribution in [1.29, 1.82) is 0 Å². The van der Waals surface area contributed by atoms with Gasteiger partial charge in [0.25, 0.3) is 0 Å². The Bertz CT molecular complexity index is 451. The van der Waals surface area contributed by atoms with Crippen LogP contribution < -0.4 is 10.6 Å². The number of carbonyl (C=O) groups excluding carboxylic acids is 1. The molecule has 0 aliphatic rings. The summed E-state index contributed by atoms with van der Waals surface area (Å²) in [6.45, 7) is 0.0440. The van der Waals surface area contributed by atoms with E-state index in [1.165, 1.54) is 19.2 Å². The lowest BCUT2D eigenvalue weighted by Gasteiger charge is -2.18. The van der Waals surface area contributed by atoms with Crippen LogP contribution in [0.2, 0.25) is 0 Å². The molecule has 0 saturated carbocycles. The van der Waals surface area contributed by atoms with Crippen molar-refractivity contribution in [3.05, 3.63) is 29.6 Å². The summed E-state index contributed by atoms with van der Waals surface area (Å²) in [5.41, 5.74) is 6.09. The van der Waals surface area contributed by atoms with Gasteiger partial charge in [-0.3, -0.25) is 4.79 Å². The van der Waals surface area contributed by atoms with Gasteiger partial charge in [-0.2, -0.15) is 0 Å². The summed E-state index contributed by atoms with van der Waals surface area (Å²) in [5.74, 6) is -0.905. The van der Waals surface area contributed by atoms with E-state index in [2.05, 4.69) is 4.74 Å². The fourth-order valence-electron chi connectivity index (χ4n) is 1.29. The highest BCUT2D eigenvalue weighted by Gasteiger charge is 2.11. The van der Waals surface area contributed by atoms with E-state index in [9.17, 15) is 9.18 Å². The SMILES string of the molecule is COC(=O)CN(C)c1ccc(C(N)=S)c(F)c1. The summed E-state index contributed by atoms with van der Waals surface area (Å²) < 4.78 is 18.1. The number of benzene rings is 1. The van der Waals surface area contributed by atoms with Crippen LogP contribution in [0.1, 0.15) is 5.56 Å². The topological polar surface area (TPSA) is 55.6 Å². The highest BCUT2D eigenvalue weighted by molar-refractivity contribution is 7.80. The Hall–Kier alpha value is -1.69. The van der Waals surface area contributed by atoms with Crippen molar-refractivity contribution in [3.8, 4) is 0 Å². The zero-order valence-electron chi connectivity index (χ0n) is 9.57. The van der Waals surface area contributed by atoms with Crippen LogP contribution in [0.25, 0.3) is 0 Å². The van der Waals surface area contributed by atoms with Crippen LogP contribution in [0, 0.1) is 5.82 Å². The maximum atomic E-state index is 13.6. The number of methoxy groups -OCH3 is 1. The third-order valence-electron chi connectivity index (χ3n) is 2.25. The second-order valence-corrected chi connectivity index (χ2v) is 3.90. The molecule has 0 bridgehead atoms. The average molecular weight is 256 g/mol. The third kappa shape index (κ3) is 3.39. The molecule has 17 heavy (non-hydrogen) atoms. The van der Waals surface area contributed by atoms with Crippen molar-refractivity contribution in [3.63, 3.8) is 0 Å². The highest BCUT2D eigenvalue weighted by atomic mass is 32.1. The number of hydrogen-bond donors (Lipinski definition) is 1. The van der Waals surface area contributed by atoms with Gasteiger partial charge in [-0.1, -0.05) is 12.2 Å². The van der Waals surface area contributed by atoms with Crippen molar-refractivity contribution in [1.82, 2.24) is 0 Å². The summed E-state index contributed by atoms with van der Waals surface area (Å²) in [6, 6.07) is 4.40. The molecule has 4 nitrogen and oxygen atoms in total. The molecule has 6 heteroatoms. The van der Waals surface area contributed by atoms with Gasteiger partial charge in [0, 0.05) is 18.3 Å². The van der Waals surface area contributed by atoms with Gasteiger partial charge in [0.05, 0.1) is 7.11 Å². The summed E-state index contributed by atoms with van der Waals surface area (Å²) >= 11 is 4.70. The predicted molar refractivity (Wildman–Crippen MR) is 67.6 cm³/mol. The number of thiocarbonyl (C=S) groups is 1. The summed E-state index contributed by atoms with van der Waals surface area (Å²) in [6.07, 6.45) is 0. The number of nitrogens with two attached hydrogens (primary N) is 1. The van der Waals surface area contributed by atoms with Crippen LogP contribution in [0.4, 0.5) is 10.1 Å². The smallest absolute Gasteiger partial charge is 0.325 e. The van der Waals surface area contributed by atoms with Gasteiger partial charge in [-0.25, -0.2) is 4.39 Å². The van der Waals surface area contributed by atoms with Gasteiger partial charge >= 0.3 is 5.97 Å². The second kappa shape index (κ2) is 5.58. The first-order valence-electron chi connectivity index (χ1n) is 4.83. The molecule has 0 aliphatic heterocycles. The van der Waals surface area contributed by atoms with Crippen molar-refractivity contribution < 1.29 is 13.9 Å². The fourth-order valence-corrected chi connectivity index (χ4v) is 1.46. The maximum Gasteiger partial charge on any atom is 0.325 e. The molecule has 0 heterocycles. The van der Waals surface area contributed by atoms with Crippen LogP contribution in [0.15, 0.2) is 18.2 Å². The Morgan fingerprint density at radius 3 is 2.71 bits per heavy atom. The van der Waals surface area contributed by atoms with E-state index >= 15 is 0 Å². The van der Waals surface area contributed by atoms with Crippen molar-refractivity contribution >= 4 is 28.9 Å². The molecule has 0 atom stereocenters. The second-order valence-electron chi connectivity index (χ2n) is 3.46. The van der Waals surface area contributed by atoms with E-state index in [-0.39, 0.29) is 17.1 Å². The minimum atomic E-state index is -0.508. The van der Waals surface area contributed by atoms with Crippen LogP contribution in [0.5, 0.6) is 0 Å². The number of carbonyl (C=O) groups is 1. The van der Waals surface area contributed by atoms with Gasteiger partial charge in [0.15, 0.2) is 0 Å². The zero-order valence-corrected chi connectivity index (χ0v) is 10.4. The van der Waals surface area contributed by atoms with Crippen LogP contribution in [-0.2, 0) is 9.53 Å². The number of halogens is 1. The minimum absolute atomic E-state index is 0.00432. The highest BCUT2D eigenvalue weighted by Crippen LogP contribution is 2.17. The zero-order chi connectivity index (χ0) is 13.0. The van der Waals surface area contributed by atoms with E-state index in [1.807, 2.05) is 0 Å². The molecule has 0 amide bonds. The molecule has 1 aromatic rings. The number of ether oxygens (including phenoxy) is 1. The monoisotopic (exact) mass is 256 g/mol. The molecular weight excluding hydrogens is 243 g/mol.